The van der Waals surface area contributed by atoms with Crippen molar-refractivity contribution in [2.45, 2.75) is 6.42 Å². The summed E-state index contributed by atoms with van der Waals surface area (Å²) in [6.07, 6.45) is 3.15. The predicted molar refractivity (Wildman–Crippen MR) is 92.5 cm³/mol. The maximum Gasteiger partial charge on any atom is 0.305 e. The molecular formula is C15H12ClNO3S2. The first-order valence-corrected chi connectivity index (χ1v) is 7.97. The van der Waals surface area contributed by atoms with E-state index in [-0.39, 0.29) is 18.9 Å². The second-order valence-corrected chi connectivity index (χ2v) is 6.53. The van der Waals surface area contributed by atoms with E-state index in [4.69, 9.17) is 28.9 Å². The number of allylic oxidation sites excluding steroid dienone is 2. The highest BCUT2D eigenvalue weighted by atomic mass is 35.5. The first-order chi connectivity index (χ1) is 10.5. The number of nitrogens with zero attached hydrogens (tertiary/aromatic N) is 1. The Labute approximate surface area is 142 Å². The number of benzene rings is 1. The molecule has 2 rings (SSSR count). The van der Waals surface area contributed by atoms with E-state index in [2.05, 4.69) is 0 Å². The summed E-state index contributed by atoms with van der Waals surface area (Å²) in [5.41, 5.74) is 0.921. The van der Waals surface area contributed by atoms with Crippen molar-refractivity contribution in [3.8, 4) is 0 Å². The van der Waals surface area contributed by atoms with Crippen LogP contribution in [-0.2, 0) is 9.59 Å². The number of hydrogen-bond donors (Lipinski definition) is 1. The molecule has 1 fully saturated rings. The van der Waals surface area contributed by atoms with Gasteiger partial charge in [0.05, 0.1) is 11.3 Å². The zero-order valence-electron chi connectivity index (χ0n) is 11.4. The van der Waals surface area contributed by atoms with Crippen molar-refractivity contribution in [3.63, 3.8) is 0 Å². The summed E-state index contributed by atoms with van der Waals surface area (Å²) in [5, 5.41) is 9.10. The summed E-state index contributed by atoms with van der Waals surface area (Å²) in [7, 11) is 0. The number of halogens is 1. The van der Waals surface area contributed by atoms with Gasteiger partial charge in [-0.3, -0.25) is 14.5 Å². The monoisotopic (exact) mass is 353 g/mol. The van der Waals surface area contributed by atoms with E-state index in [0.717, 1.165) is 17.3 Å². The molecule has 4 nitrogen and oxygen atoms in total. The number of aliphatic carboxylic acids is 1. The number of thiocarbonyl (C=S) groups is 1. The number of thioether (sulfide) groups is 1. The van der Waals surface area contributed by atoms with Crippen LogP contribution in [0, 0.1) is 0 Å². The first-order valence-electron chi connectivity index (χ1n) is 6.37. The number of carboxylic acids is 1. The fourth-order valence-electron chi connectivity index (χ4n) is 1.78. The highest BCUT2D eigenvalue weighted by Gasteiger charge is 2.32. The van der Waals surface area contributed by atoms with Gasteiger partial charge in [-0.15, -0.1) is 0 Å². The van der Waals surface area contributed by atoms with Crippen LogP contribution in [0.3, 0.4) is 0 Å². The standard InChI is InChI=1S/C15H12ClNO3S2/c16-11(8-10-4-2-1-3-5-10)9-12-14(20)17(15(21)22-12)7-6-13(18)19/h1-5,8-9H,6-7H2,(H,18,19)/b11-8-,12-9-. The third-order valence-corrected chi connectivity index (χ3v) is 4.39. The zero-order valence-corrected chi connectivity index (χ0v) is 13.7. The molecule has 1 heterocycles. The molecule has 0 spiro atoms. The van der Waals surface area contributed by atoms with Crippen LogP contribution in [0.25, 0.3) is 6.08 Å². The number of carbonyl (C=O) groups is 2. The molecule has 1 saturated heterocycles. The van der Waals surface area contributed by atoms with E-state index < -0.39 is 5.97 Å². The summed E-state index contributed by atoms with van der Waals surface area (Å²) in [4.78, 5) is 24.5. The maximum absolute atomic E-state index is 12.2. The molecule has 0 saturated carbocycles. The lowest BCUT2D eigenvalue weighted by Crippen LogP contribution is -2.30. The molecule has 114 valence electrons. The van der Waals surface area contributed by atoms with Gasteiger partial charge in [0.25, 0.3) is 5.91 Å². The Kier molecular flexibility index (Phi) is 5.76. The number of amides is 1. The quantitative estimate of drug-likeness (QED) is 0.648. The van der Waals surface area contributed by atoms with E-state index in [1.807, 2.05) is 30.3 Å². The smallest absolute Gasteiger partial charge is 0.305 e. The lowest BCUT2D eigenvalue weighted by atomic mass is 10.2. The third kappa shape index (κ3) is 4.43. The van der Waals surface area contributed by atoms with Crippen LogP contribution in [0.5, 0.6) is 0 Å². The average molecular weight is 354 g/mol. The summed E-state index contributed by atoms with van der Waals surface area (Å²) >= 11 is 12.4. The minimum Gasteiger partial charge on any atom is -0.481 e. The Bertz CT molecular complexity index is 671. The highest BCUT2D eigenvalue weighted by molar-refractivity contribution is 8.26. The number of carbonyl (C=O) groups excluding carboxylic acids is 1. The molecule has 0 bridgehead atoms. The third-order valence-electron chi connectivity index (χ3n) is 2.80. The molecule has 0 aliphatic carbocycles. The fraction of sp³-hybridized carbons (Fsp3) is 0.133. The second-order valence-electron chi connectivity index (χ2n) is 4.42. The molecule has 0 radical (unpaired) electrons. The van der Waals surface area contributed by atoms with Gasteiger partial charge in [-0.25, -0.2) is 0 Å². The number of rotatable bonds is 5. The molecular weight excluding hydrogens is 342 g/mol. The normalized spacial score (nSPS) is 17.4. The van der Waals surface area contributed by atoms with Gasteiger partial charge in [0.2, 0.25) is 0 Å². The molecule has 0 atom stereocenters. The van der Waals surface area contributed by atoms with Gasteiger partial charge < -0.3 is 5.11 Å². The number of hydrogen-bond acceptors (Lipinski definition) is 4. The average Bonchev–Trinajstić information content (AvgIpc) is 2.72. The van der Waals surface area contributed by atoms with E-state index in [1.165, 1.54) is 4.90 Å². The van der Waals surface area contributed by atoms with Crippen molar-refractivity contribution >= 4 is 57.9 Å². The van der Waals surface area contributed by atoms with Crippen LogP contribution >= 0.6 is 35.6 Å². The second kappa shape index (κ2) is 7.58. The summed E-state index contributed by atoms with van der Waals surface area (Å²) in [5.74, 6) is -1.28. The van der Waals surface area contributed by atoms with Gasteiger partial charge in [0, 0.05) is 11.6 Å². The molecule has 1 N–H and O–H groups in total. The Morgan fingerprint density at radius 2 is 2.05 bits per heavy atom. The van der Waals surface area contributed by atoms with Crippen molar-refractivity contribution in [2.24, 2.45) is 0 Å². The summed E-state index contributed by atoms with van der Waals surface area (Å²) in [6.45, 7) is 0.0668. The van der Waals surface area contributed by atoms with E-state index in [9.17, 15) is 9.59 Å². The fourth-order valence-corrected chi connectivity index (χ4v) is 3.37. The zero-order chi connectivity index (χ0) is 16.1. The summed E-state index contributed by atoms with van der Waals surface area (Å²) in [6, 6.07) is 9.48. The molecule has 1 aliphatic heterocycles. The van der Waals surface area contributed by atoms with Gasteiger partial charge in [-0.2, -0.15) is 0 Å². The van der Waals surface area contributed by atoms with Crippen LogP contribution in [0.15, 0.2) is 46.3 Å². The van der Waals surface area contributed by atoms with E-state index in [0.29, 0.717) is 14.3 Å². The Balaban J connectivity index is 2.12. The van der Waals surface area contributed by atoms with Crippen molar-refractivity contribution in [1.29, 1.82) is 0 Å². The van der Waals surface area contributed by atoms with Crippen LogP contribution in [-0.4, -0.2) is 32.7 Å². The number of carboxylic acid groups (broad SMARTS) is 1. The minimum absolute atomic E-state index is 0.0668. The van der Waals surface area contributed by atoms with Gasteiger partial charge in [0.1, 0.15) is 4.32 Å². The lowest BCUT2D eigenvalue weighted by molar-refractivity contribution is -0.137. The SMILES string of the molecule is O=C(O)CCN1C(=O)/C(=C/C(Cl)=C/c2ccccc2)SC1=S. The molecule has 22 heavy (non-hydrogen) atoms. The van der Waals surface area contributed by atoms with Crippen molar-refractivity contribution < 1.29 is 14.7 Å². The van der Waals surface area contributed by atoms with E-state index >= 15 is 0 Å². The lowest BCUT2D eigenvalue weighted by Gasteiger charge is -2.12. The van der Waals surface area contributed by atoms with Crippen LogP contribution in [0.2, 0.25) is 0 Å². The largest absolute Gasteiger partial charge is 0.481 e. The van der Waals surface area contributed by atoms with Gasteiger partial charge in [-0.05, 0) is 17.7 Å². The predicted octanol–water partition coefficient (Wildman–Crippen LogP) is 3.49. The van der Waals surface area contributed by atoms with Crippen molar-refractivity contribution in [3.05, 3.63) is 51.9 Å². The maximum atomic E-state index is 12.2. The highest BCUT2D eigenvalue weighted by Crippen LogP contribution is 2.32. The molecule has 0 aromatic heterocycles. The van der Waals surface area contributed by atoms with Gasteiger partial charge in [-0.1, -0.05) is 65.9 Å². The minimum atomic E-state index is -0.972. The molecule has 7 heteroatoms. The molecule has 1 amide bonds. The van der Waals surface area contributed by atoms with Crippen LogP contribution in [0.1, 0.15) is 12.0 Å². The first kappa shape index (κ1) is 16.7. The molecule has 1 aliphatic rings. The van der Waals surface area contributed by atoms with Gasteiger partial charge >= 0.3 is 5.97 Å². The van der Waals surface area contributed by atoms with Crippen LogP contribution in [0.4, 0.5) is 0 Å². The van der Waals surface area contributed by atoms with E-state index in [1.54, 1.807) is 12.2 Å². The Morgan fingerprint density at radius 1 is 1.36 bits per heavy atom. The Morgan fingerprint density at radius 3 is 2.68 bits per heavy atom. The topological polar surface area (TPSA) is 57.6 Å². The Hall–Kier alpha value is -1.63. The summed E-state index contributed by atoms with van der Waals surface area (Å²) < 4.78 is 0.349. The molecule has 1 aromatic carbocycles. The van der Waals surface area contributed by atoms with Crippen LogP contribution < -0.4 is 0 Å². The molecule has 1 aromatic rings. The van der Waals surface area contributed by atoms with Gasteiger partial charge in [0.15, 0.2) is 0 Å². The van der Waals surface area contributed by atoms with Crippen molar-refractivity contribution in [1.82, 2.24) is 4.90 Å². The van der Waals surface area contributed by atoms with Crippen molar-refractivity contribution in [2.75, 3.05) is 6.54 Å². The molecule has 0 unspecified atom stereocenters.